The number of aromatic nitrogens is 1. The van der Waals surface area contributed by atoms with Crippen molar-refractivity contribution in [2.45, 2.75) is 24.3 Å². The summed E-state index contributed by atoms with van der Waals surface area (Å²) in [5.41, 5.74) is 4.39. The molecule has 2 N–H and O–H groups in total. The molecule has 0 amide bonds. The quantitative estimate of drug-likeness (QED) is 0.146. The zero-order valence-corrected chi connectivity index (χ0v) is 24.7. The lowest BCUT2D eigenvalue weighted by molar-refractivity contribution is -0.667. The molecule has 10 nitrogen and oxygen atoms in total. The van der Waals surface area contributed by atoms with E-state index in [0.717, 1.165) is 47.3 Å². The third kappa shape index (κ3) is 6.08. The number of anilines is 1. The van der Waals surface area contributed by atoms with Crippen molar-refractivity contribution < 1.29 is 39.3 Å². The predicted molar refractivity (Wildman–Crippen MR) is 159 cm³/mol. The van der Waals surface area contributed by atoms with Gasteiger partial charge in [0.25, 0.3) is 25.2 Å². The fourth-order valence-electron chi connectivity index (χ4n) is 4.94. The standard InChI is InChI=1S/C27H24N2O8S4/c30-40(31,32)13-1-9-28-21-15-18(19-7-11-36-17-19)3-5-23(21)38-25(28)16-26-29(10-2-14-41(33,34)35)27-20-8-12-37-22(20)4-6-24(27)39-26/h3-8,11-12,15-17H,1-2,9-10,13-14H2,(H-,30,31,32,33,34,35)/p+1. The van der Waals surface area contributed by atoms with Crippen LogP contribution < -0.4 is 9.47 Å². The van der Waals surface area contributed by atoms with Gasteiger partial charge >= 0.3 is 0 Å². The molecule has 0 aliphatic carbocycles. The van der Waals surface area contributed by atoms with Crippen molar-refractivity contribution in [2.24, 2.45) is 0 Å². The Hall–Kier alpha value is -3.14. The van der Waals surface area contributed by atoms with Crippen LogP contribution in [0.15, 0.2) is 80.0 Å². The van der Waals surface area contributed by atoms with E-state index in [4.69, 9.17) is 8.83 Å². The molecule has 5 aromatic rings. The van der Waals surface area contributed by atoms with Crippen LogP contribution >= 0.6 is 23.1 Å². The molecular formula is C27H25N2O8S4+. The van der Waals surface area contributed by atoms with Crippen LogP contribution in [0.3, 0.4) is 0 Å². The van der Waals surface area contributed by atoms with Crippen LogP contribution in [-0.2, 0) is 26.8 Å². The number of hydrogen-bond donors (Lipinski definition) is 2. The topological polar surface area (TPSA) is 142 Å². The van der Waals surface area contributed by atoms with Crippen LogP contribution in [0.4, 0.5) is 5.69 Å². The van der Waals surface area contributed by atoms with Gasteiger partial charge in [0, 0.05) is 23.4 Å². The zero-order valence-electron chi connectivity index (χ0n) is 21.5. The number of furan rings is 2. The summed E-state index contributed by atoms with van der Waals surface area (Å²) >= 11 is 3.09. The molecule has 41 heavy (non-hydrogen) atoms. The number of fused-ring (bicyclic) bond motifs is 4. The number of nitrogens with zero attached hydrogens (tertiary/aromatic N) is 2. The molecule has 0 spiro atoms. The Labute approximate surface area is 244 Å². The third-order valence-electron chi connectivity index (χ3n) is 6.72. The first-order valence-corrected chi connectivity index (χ1v) is 17.5. The molecule has 1 aliphatic heterocycles. The van der Waals surface area contributed by atoms with E-state index in [-0.39, 0.29) is 24.3 Å². The SMILES string of the molecule is O=S(=O)(O)CCCN1C(=Cc2sc3ccc4occc4c3[n+]2CCCS(=O)(=O)O)Sc2ccc(-c3ccoc3)cc21. The molecule has 1 aliphatic rings. The summed E-state index contributed by atoms with van der Waals surface area (Å²) in [6, 6.07) is 13.6. The second-order valence-electron chi connectivity index (χ2n) is 9.55. The van der Waals surface area contributed by atoms with Crippen molar-refractivity contribution in [3.63, 3.8) is 0 Å². The number of thiazole rings is 1. The van der Waals surface area contributed by atoms with Crippen molar-refractivity contribution in [3.8, 4) is 11.1 Å². The highest BCUT2D eigenvalue weighted by atomic mass is 32.2. The Kier molecular flexibility index (Phi) is 7.46. The summed E-state index contributed by atoms with van der Waals surface area (Å²) in [5.74, 6) is -0.733. The molecule has 0 bridgehead atoms. The van der Waals surface area contributed by atoms with E-state index in [1.807, 2.05) is 58.0 Å². The number of rotatable bonds is 10. The molecule has 0 atom stereocenters. The molecule has 0 fully saturated rings. The minimum atomic E-state index is -4.12. The summed E-state index contributed by atoms with van der Waals surface area (Å²) in [6.45, 7) is 0.689. The van der Waals surface area contributed by atoms with E-state index < -0.39 is 20.2 Å². The molecule has 4 heterocycles. The number of hydrogen-bond acceptors (Lipinski definition) is 9. The van der Waals surface area contributed by atoms with E-state index in [1.165, 1.54) is 0 Å². The Bertz CT molecular complexity index is 1990. The second kappa shape index (κ2) is 10.9. The van der Waals surface area contributed by atoms with E-state index >= 15 is 0 Å². The maximum atomic E-state index is 11.5. The summed E-state index contributed by atoms with van der Waals surface area (Å²) in [4.78, 5) is 3.03. The lowest BCUT2D eigenvalue weighted by atomic mass is 10.1. The minimum Gasteiger partial charge on any atom is -0.472 e. The highest BCUT2D eigenvalue weighted by Crippen LogP contribution is 2.48. The fourth-order valence-corrected chi connectivity index (χ4v) is 8.25. The summed E-state index contributed by atoms with van der Waals surface area (Å²) in [5, 5.41) is 2.61. The van der Waals surface area contributed by atoms with Crippen LogP contribution in [0.2, 0.25) is 0 Å². The molecule has 214 valence electrons. The molecule has 14 heteroatoms. The van der Waals surface area contributed by atoms with Gasteiger partial charge in [-0.15, -0.1) is 0 Å². The Balaban J connectivity index is 1.43. The lowest BCUT2D eigenvalue weighted by Crippen LogP contribution is -2.36. The van der Waals surface area contributed by atoms with Crippen LogP contribution in [-0.4, -0.2) is 44.0 Å². The van der Waals surface area contributed by atoms with Crippen LogP contribution in [0.5, 0.6) is 0 Å². The molecule has 0 unspecified atom stereocenters. The number of benzene rings is 2. The monoisotopic (exact) mass is 633 g/mol. The summed E-state index contributed by atoms with van der Waals surface area (Å²) in [7, 11) is -8.24. The van der Waals surface area contributed by atoms with Gasteiger partial charge in [-0.1, -0.05) is 29.2 Å². The molecule has 2 aromatic carbocycles. The van der Waals surface area contributed by atoms with Crippen molar-refractivity contribution in [1.29, 1.82) is 0 Å². The van der Waals surface area contributed by atoms with Gasteiger partial charge in [-0.05, 0) is 48.4 Å². The minimum absolute atomic E-state index is 0.208. The Morgan fingerprint density at radius 2 is 1.73 bits per heavy atom. The van der Waals surface area contributed by atoms with Crippen LogP contribution in [0, 0.1) is 0 Å². The molecule has 0 radical (unpaired) electrons. The molecule has 6 rings (SSSR count). The Morgan fingerprint density at radius 1 is 0.927 bits per heavy atom. The van der Waals surface area contributed by atoms with Gasteiger partial charge in [0.05, 0.1) is 52.5 Å². The Morgan fingerprint density at radius 3 is 2.49 bits per heavy atom. The molecule has 3 aromatic heterocycles. The molecular weight excluding hydrogens is 609 g/mol. The highest BCUT2D eigenvalue weighted by Gasteiger charge is 2.30. The van der Waals surface area contributed by atoms with Gasteiger partial charge in [0.15, 0.2) is 6.54 Å². The zero-order chi connectivity index (χ0) is 28.8. The highest BCUT2D eigenvalue weighted by molar-refractivity contribution is 8.04. The summed E-state index contributed by atoms with van der Waals surface area (Å²) < 4.78 is 78.4. The average Bonchev–Trinajstić information content (AvgIpc) is 3.69. The first-order valence-electron chi connectivity index (χ1n) is 12.6. The van der Waals surface area contributed by atoms with Crippen molar-refractivity contribution in [3.05, 3.63) is 71.3 Å². The fraction of sp³-hybridized carbons (Fsp3) is 0.222. The van der Waals surface area contributed by atoms with E-state index in [9.17, 15) is 25.9 Å². The first-order chi connectivity index (χ1) is 19.6. The van der Waals surface area contributed by atoms with E-state index in [0.29, 0.717) is 18.7 Å². The maximum Gasteiger partial charge on any atom is 0.265 e. The summed E-state index contributed by atoms with van der Waals surface area (Å²) in [6.07, 6.45) is 7.31. The van der Waals surface area contributed by atoms with Gasteiger partial charge in [0.2, 0.25) is 5.52 Å². The molecule has 0 saturated carbocycles. The second-order valence-corrected chi connectivity index (χ2v) is 14.8. The van der Waals surface area contributed by atoms with Gasteiger partial charge in [0.1, 0.15) is 10.3 Å². The number of aryl methyl sites for hydroxylation is 1. The number of thioether (sulfide) groups is 1. The van der Waals surface area contributed by atoms with Crippen LogP contribution in [0.25, 0.3) is 38.4 Å². The average molecular weight is 634 g/mol. The molecule has 0 saturated heterocycles. The van der Waals surface area contributed by atoms with E-state index in [1.54, 1.807) is 41.9 Å². The van der Waals surface area contributed by atoms with Gasteiger partial charge in [-0.25, -0.2) is 0 Å². The van der Waals surface area contributed by atoms with Crippen LogP contribution in [0.1, 0.15) is 17.8 Å². The first kappa shape index (κ1) is 28.0. The third-order valence-corrected chi connectivity index (χ3v) is 10.5. The van der Waals surface area contributed by atoms with Gasteiger partial charge < -0.3 is 13.7 Å². The normalized spacial score (nSPS) is 15.0. The smallest absolute Gasteiger partial charge is 0.265 e. The van der Waals surface area contributed by atoms with Crippen molar-refractivity contribution in [1.82, 2.24) is 0 Å². The predicted octanol–water partition coefficient (Wildman–Crippen LogP) is 5.66. The van der Waals surface area contributed by atoms with E-state index in [2.05, 4.69) is 0 Å². The maximum absolute atomic E-state index is 11.5. The van der Waals surface area contributed by atoms with Crippen molar-refractivity contribution in [2.75, 3.05) is 23.0 Å². The van der Waals surface area contributed by atoms with Gasteiger partial charge in [-0.2, -0.15) is 21.4 Å². The van der Waals surface area contributed by atoms with Crippen molar-refractivity contribution >= 4 is 76.3 Å². The lowest BCUT2D eigenvalue weighted by Gasteiger charge is -2.20. The largest absolute Gasteiger partial charge is 0.472 e. The van der Waals surface area contributed by atoms with Gasteiger partial charge in [-0.3, -0.25) is 9.11 Å².